The average molecular weight is 364 g/mol. The van der Waals surface area contributed by atoms with Crippen LogP contribution in [-0.4, -0.2) is 75.2 Å². The van der Waals surface area contributed by atoms with E-state index in [1.54, 1.807) is 7.05 Å². The van der Waals surface area contributed by atoms with E-state index in [0.29, 0.717) is 5.92 Å². The molecule has 1 saturated heterocycles. The van der Waals surface area contributed by atoms with Crippen LogP contribution in [0.3, 0.4) is 0 Å². The first kappa shape index (κ1) is 20.6. The molecule has 1 aliphatic rings. The Hall–Kier alpha value is -1.66. The zero-order chi connectivity index (χ0) is 18.8. The number of hydrogen-bond acceptors (Lipinski definition) is 3. The highest BCUT2D eigenvalue weighted by atomic mass is 19.1. The Morgan fingerprint density at radius 3 is 2.38 bits per heavy atom. The molecule has 1 aromatic rings. The van der Waals surface area contributed by atoms with E-state index in [9.17, 15) is 4.39 Å². The van der Waals surface area contributed by atoms with Gasteiger partial charge in [0.15, 0.2) is 5.96 Å². The fraction of sp³-hybridized carbons (Fsp3) is 0.650. The molecule has 5 nitrogen and oxygen atoms in total. The predicted octanol–water partition coefficient (Wildman–Crippen LogP) is 1.81. The number of benzene rings is 1. The van der Waals surface area contributed by atoms with E-state index in [2.05, 4.69) is 39.3 Å². The Kier molecular flexibility index (Phi) is 8.85. The topological polar surface area (TPSA) is 42.9 Å². The number of nitrogens with zero attached hydrogens (tertiary/aromatic N) is 3. The summed E-state index contributed by atoms with van der Waals surface area (Å²) in [6.07, 6.45) is 0.845. The van der Waals surface area contributed by atoms with Crippen molar-refractivity contribution < 1.29 is 4.39 Å². The molecule has 1 aromatic carbocycles. The lowest BCUT2D eigenvalue weighted by molar-refractivity contribution is 0.124. The van der Waals surface area contributed by atoms with Crippen molar-refractivity contribution in [2.24, 2.45) is 10.9 Å². The van der Waals surface area contributed by atoms with Crippen molar-refractivity contribution in [2.45, 2.75) is 20.3 Å². The number of piperazine rings is 1. The largest absolute Gasteiger partial charge is 0.356 e. The van der Waals surface area contributed by atoms with E-state index in [-0.39, 0.29) is 5.82 Å². The van der Waals surface area contributed by atoms with Crippen LogP contribution in [0.1, 0.15) is 19.4 Å². The number of likely N-dealkylation sites (N-methyl/N-ethyl adjacent to an activating group) is 1. The van der Waals surface area contributed by atoms with E-state index in [1.807, 2.05) is 12.1 Å². The molecule has 1 aliphatic heterocycles. The fourth-order valence-corrected chi connectivity index (χ4v) is 3.26. The van der Waals surface area contributed by atoms with Crippen molar-refractivity contribution in [1.29, 1.82) is 0 Å². The smallest absolute Gasteiger partial charge is 0.190 e. The number of nitrogens with one attached hydrogen (secondary N) is 2. The van der Waals surface area contributed by atoms with Crippen LogP contribution in [0.4, 0.5) is 4.39 Å². The molecule has 26 heavy (non-hydrogen) atoms. The molecule has 6 heteroatoms. The maximum Gasteiger partial charge on any atom is 0.190 e. The Balaban J connectivity index is 1.62. The monoisotopic (exact) mass is 363 g/mol. The van der Waals surface area contributed by atoms with Gasteiger partial charge in [0.2, 0.25) is 0 Å². The first-order chi connectivity index (χ1) is 12.6. The summed E-state index contributed by atoms with van der Waals surface area (Å²) in [6.45, 7) is 13.2. The molecular weight excluding hydrogens is 329 g/mol. The summed E-state index contributed by atoms with van der Waals surface area (Å²) in [5.41, 5.74) is 1.12. The minimum atomic E-state index is -0.190. The van der Waals surface area contributed by atoms with Gasteiger partial charge in [0.1, 0.15) is 5.82 Å². The molecule has 1 fully saturated rings. The number of aliphatic imine (C=N–C) groups is 1. The van der Waals surface area contributed by atoms with Gasteiger partial charge >= 0.3 is 0 Å². The Bertz CT molecular complexity index is 538. The first-order valence-electron chi connectivity index (χ1n) is 9.74. The van der Waals surface area contributed by atoms with Gasteiger partial charge in [-0.1, -0.05) is 26.0 Å². The summed E-state index contributed by atoms with van der Waals surface area (Å²) in [5.74, 6) is 1.21. The van der Waals surface area contributed by atoms with Crippen LogP contribution in [0, 0.1) is 11.7 Å². The SMILES string of the molecule is CCN1CCN(CC(C)CNC(=NC)NCCc2ccc(F)cc2)CC1. The highest BCUT2D eigenvalue weighted by molar-refractivity contribution is 5.79. The first-order valence-corrected chi connectivity index (χ1v) is 9.74. The van der Waals surface area contributed by atoms with Gasteiger partial charge in [-0.3, -0.25) is 4.99 Å². The van der Waals surface area contributed by atoms with Gasteiger partial charge < -0.3 is 20.4 Å². The van der Waals surface area contributed by atoms with Gasteiger partial charge in [0, 0.05) is 52.9 Å². The van der Waals surface area contributed by atoms with E-state index in [4.69, 9.17) is 0 Å². The molecule has 146 valence electrons. The third-order valence-corrected chi connectivity index (χ3v) is 4.94. The normalized spacial score (nSPS) is 17.9. The molecule has 1 atom stereocenters. The second-order valence-electron chi connectivity index (χ2n) is 7.10. The second-order valence-corrected chi connectivity index (χ2v) is 7.10. The number of rotatable bonds is 8. The zero-order valence-corrected chi connectivity index (χ0v) is 16.5. The van der Waals surface area contributed by atoms with Gasteiger partial charge in [-0.15, -0.1) is 0 Å². The maximum absolute atomic E-state index is 12.9. The van der Waals surface area contributed by atoms with Crippen molar-refractivity contribution in [1.82, 2.24) is 20.4 Å². The Morgan fingerprint density at radius 1 is 1.12 bits per heavy atom. The molecular formula is C20H34FN5. The summed E-state index contributed by atoms with van der Waals surface area (Å²) >= 11 is 0. The van der Waals surface area contributed by atoms with Crippen LogP contribution >= 0.6 is 0 Å². The highest BCUT2D eigenvalue weighted by Crippen LogP contribution is 2.05. The van der Waals surface area contributed by atoms with Crippen molar-refractivity contribution in [3.8, 4) is 0 Å². The van der Waals surface area contributed by atoms with Crippen LogP contribution < -0.4 is 10.6 Å². The molecule has 2 rings (SSSR count). The predicted molar refractivity (Wildman–Crippen MR) is 107 cm³/mol. The molecule has 2 N–H and O–H groups in total. The molecule has 0 aromatic heterocycles. The minimum absolute atomic E-state index is 0.190. The molecule has 1 heterocycles. The third-order valence-electron chi connectivity index (χ3n) is 4.94. The van der Waals surface area contributed by atoms with Crippen LogP contribution in [0.5, 0.6) is 0 Å². The highest BCUT2D eigenvalue weighted by Gasteiger charge is 2.17. The van der Waals surface area contributed by atoms with E-state index in [1.165, 1.54) is 38.3 Å². The molecule has 0 amide bonds. The van der Waals surface area contributed by atoms with Crippen molar-refractivity contribution in [2.75, 3.05) is 59.4 Å². The lowest BCUT2D eigenvalue weighted by Crippen LogP contribution is -2.48. The van der Waals surface area contributed by atoms with Crippen molar-refractivity contribution in [3.05, 3.63) is 35.6 Å². The molecule has 0 bridgehead atoms. The summed E-state index contributed by atoms with van der Waals surface area (Å²) in [6, 6.07) is 6.66. The lowest BCUT2D eigenvalue weighted by atomic mass is 10.1. The number of halogens is 1. The molecule has 0 spiro atoms. The second kappa shape index (κ2) is 11.1. The van der Waals surface area contributed by atoms with E-state index >= 15 is 0 Å². The number of hydrogen-bond donors (Lipinski definition) is 2. The van der Waals surface area contributed by atoms with Gasteiger partial charge in [-0.25, -0.2) is 4.39 Å². The van der Waals surface area contributed by atoms with Crippen LogP contribution in [-0.2, 0) is 6.42 Å². The average Bonchev–Trinajstić information content (AvgIpc) is 2.66. The third kappa shape index (κ3) is 7.30. The maximum atomic E-state index is 12.9. The quantitative estimate of drug-likeness (QED) is 0.546. The standard InChI is InChI=1S/C20H34FN5/c1-4-25-11-13-26(14-12-25)16-17(2)15-24-20(22-3)23-10-9-18-5-7-19(21)8-6-18/h5-8,17H,4,9-16H2,1-3H3,(H2,22,23,24). The Morgan fingerprint density at radius 2 is 1.77 bits per heavy atom. The molecule has 0 radical (unpaired) electrons. The van der Waals surface area contributed by atoms with Crippen LogP contribution in [0.15, 0.2) is 29.3 Å². The number of guanidine groups is 1. The molecule has 1 unspecified atom stereocenters. The Labute approximate surface area is 157 Å². The fourth-order valence-electron chi connectivity index (χ4n) is 3.26. The summed E-state index contributed by atoms with van der Waals surface area (Å²) in [5, 5.41) is 6.75. The van der Waals surface area contributed by atoms with Crippen LogP contribution in [0.25, 0.3) is 0 Å². The summed E-state index contributed by atoms with van der Waals surface area (Å²) in [4.78, 5) is 9.35. The van der Waals surface area contributed by atoms with E-state index < -0.39 is 0 Å². The van der Waals surface area contributed by atoms with Gasteiger partial charge in [-0.2, -0.15) is 0 Å². The molecule has 0 aliphatic carbocycles. The van der Waals surface area contributed by atoms with Gasteiger partial charge in [0.25, 0.3) is 0 Å². The van der Waals surface area contributed by atoms with Crippen molar-refractivity contribution >= 4 is 5.96 Å². The van der Waals surface area contributed by atoms with E-state index in [0.717, 1.165) is 44.1 Å². The van der Waals surface area contributed by atoms with Crippen molar-refractivity contribution in [3.63, 3.8) is 0 Å². The minimum Gasteiger partial charge on any atom is -0.356 e. The van der Waals surface area contributed by atoms with Crippen LogP contribution in [0.2, 0.25) is 0 Å². The van der Waals surface area contributed by atoms with Gasteiger partial charge in [-0.05, 0) is 36.6 Å². The summed E-state index contributed by atoms with van der Waals surface area (Å²) < 4.78 is 12.9. The molecule has 0 saturated carbocycles. The summed E-state index contributed by atoms with van der Waals surface area (Å²) in [7, 11) is 1.79. The van der Waals surface area contributed by atoms with Gasteiger partial charge in [0.05, 0.1) is 0 Å². The lowest BCUT2D eigenvalue weighted by Gasteiger charge is -2.35. The zero-order valence-electron chi connectivity index (χ0n) is 16.5.